The Balaban J connectivity index is 1.65. The minimum atomic E-state index is -1.29. The van der Waals surface area contributed by atoms with E-state index in [0.717, 1.165) is 16.8 Å². The van der Waals surface area contributed by atoms with Gasteiger partial charge in [0.25, 0.3) is 11.3 Å². The number of hydrogen-bond donors (Lipinski definition) is 0. The Labute approximate surface area is 172 Å². The van der Waals surface area contributed by atoms with Gasteiger partial charge in [0.2, 0.25) is 0 Å². The zero-order valence-corrected chi connectivity index (χ0v) is 16.1. The summed E-state index contributed by atoms with van der Waals surface area (Å²) in [6.45, 7) is 4.29. The Morgan fingerprint density at radius 1 is 0.967 bits per heavy atom. The zero-order chi connectivity index (χ0) is 20.3. The van der Waals surface area contributed by atoms with E-state index in [-0.39, 0.29) is 12.2 Å². The maximum Gasteiger partial charge on any atom is 0.266 e. The van der Waals surface area contributed by atoms with E-state index in [4.69, 9.17) is 14.5 Å². The van der Waals surface area contributed by atoms with Crippen LogP contribution in [-0.2, 0) is 20.9 Å². The smallest absolute Gasteiger partial charge is 0.266 e. The largest absolute Gasteiger partial charge is 0.336 e. The molecule has 0 aliphatic carbocycles. The summed E-state index contributed by atoms with van der Waals surface area (Å²) in [6, 6.07) is 24.8. The van der Waals surface area contributed by atoms with Gasteiger partial charge in [-0.15, -0.1) is 0 Å². The molecule has 1 fully saturated rings. The van der Waals surface area contributed by atoms with Crippen molar-refractivity contribution in [2.45, 2.75) is 11.4 Å². The van der Waals surface area contributed by atoms with E-state index in [1.165, 1.54) is 0 Å². The number of ether oxygens (including phenoxy) is 2. The van der Waals surface area contributed by atoms with Crippen molar-refractivity contribution in [2.75, 3.05) is 6.61 Å². The molecule has 5 heteroatoms. The first-order valence-corrected chi connectivity index (χ1v) is 9.84. The molecule has 3 heterocycles. The van der Waals surface area contributed by atoms with Crippen molar-refractivity contribution in [3.8, 4) is 5.69 Å². The molecule has 0 amide bonds. The van der Waals surface area contributed by atoms with Gasteiger partial charge in [-0.1, -0.05) is 73.3 Å². The number of rotatable bonds is 2. The van der Waals surface area contributed by atoms with Crippen LogP contribution in [0.15, 0.2) is 96.3 Å². The van der Waals surface area contributed by atoms with Crippen LogP contribution < -0.4 is 5.56 Å². The van der Waals surface area contributed by atoms with E-state index in [1.54, 1.807) is 16.7 Å². The Bertz CT molecular complexity index is 1380. The van der Waals surface area contributed by atoms with Crippen LogP contribution in [-0.4, -0.2) is 16.2 Å². The van der Waals surface area contributed by atoms with Crippen molar-refractivity contribution >= 4 is 10.9 Å². The van der Waals surface area contributed by atoms with Gasteiger partial charge in [-0.25, -0.2) is 4.98 Å². The second-order valence-electron chi connectivity index (χ2n) is 7.58. The lowest BCUT2D eigenvalue weighted by molar-refractivity contribution is -0.159. The normalized spacial score (nSPS) is 24.1. The molecule has 2 aliphatic heterocycles. The highest BCUT2D eigenvalue weighted by molar-refractivity contribution is 5.78. The molecule has 2 unspecified atom stereocenters. The standard InChI is InChI=1S/C25H18N2O3/c1-2-24(17-10-4-3-5-11-17)16-29-25(30-24)19-13-7-9-15-21(19)27-22(28)18-12-6-8-14-20(18)26-23(25)27/h2-15H,1,16H2. The molecule has 1 saturated heterocycles. The van der Waals surface area contributed by atoms with Gasteiger partial charge in [-0.05, 0) is 23.8 Å². The number of aromatic nitrogens is 2. The van der Waals surface area contributed by atoms with E-state index >= 15 is 0 Å². The maximum absolute atomic E-state index is 13.4. The molecule has 146 valence electrons. The van der Waals surface area contributed by atoms with Gasteiger partial charge in [0.05, 0.1) is 23.2 Å². The summed E-state index contributed by atoms with van der Waals surface area (Å²) in [5.74, 6) is -0.851. The van der Waals surface area contributed by atoms with Crippen molar-refractivity contribution in [2.24, 2.45) is 0 Å². The topological polar surface area (TPSA) is 53.4 Å². The molecule has 2 aliphatic rings. The van der Waals surface area contributed by atoms with Crippen molar-refractivity contribution in [1.29, 1.82) is 0 Å². The summed E-state index contributed by atoms with van der Waals surface area (Å²) in [6.07, 6.45) is 1.77. The molecule has 0 bridgehead atoms. The molecule has 1 aromatic heterocycles. The maximum atomic E-state index is 13.4. The van der Waals surface area contributed by atoms with Crippen LogP contribution in [0, 0.1) is 0 Å². The molecular weight excluding hydrogens is 376 g/mol. The highest BCUT2D eigenvalue weighted by Gasteiger charge is 2.58. The Kier molecular flexibility index (Phi) is 3.46. The first kappa shape index (κ1) is 17.3. The van der Waals surface area contributed by atoms with Gasteiger partial charge in [-0.2, -0.15) is 0 Å². The lowest BCUT2D eigenvalue weighted by Gasteiger charge is -2.28. The van der Waals surface area contributed by atoms with Crippen molar-refractivity contribution in [1.82, 2.24) is 9.55 Å². The summed E-state index contributed by atoms with van der Waals surface area (Å²) in [5, 5.41) is 0.559. The van der Waals surface area contributed by atoms with E-state index < -0.39 is 11.4 Å². The second-order valence-corrected chi connectivity index (χ2v) is 7.58. The summed E-state index contributed by atoms with van der Waals surface area (Å²) < 4.78 is 14.7. The summed E-state index contributed by atoms with van der Waals surface area (Å²) in [7, 11) is 0. The number of benzene rings is 3. The molecular formula is C25H18N2O3. The lowest BCUT2D eigenvalue weighted by atomic mass is 9.95. The first-order valence-electron chi connectivity index (χ1n) is 9.84. The van der Waals surface area contributed by atoms with Crippen LogP contribution in [0.25, 0.3) is 16.6 Å². The minimum Gasteiger partial charge on any atom is -0.336 e. The predicted octanol–water partition coefficient (Wildman–Crippen LogP) is 4.03. The number of hydrogen-bond acceptors (Lipinski definition) is 4. The van der Waals surface area contributed by atoms with Crippen LogP contribution in [0.1, 0.15) is 17.0 Å². The summed E-state index contributed by atoms with van der Waals surface area (Å²) in [5.41, 5.74) is 2.06. The quantitative estimate of drug-likeness (QED) is 0.482. The fraction of sp³-hybridized carbons (Fsp3) is 0.120. The third kappa shape index (κ3) is 2.08. The zero-order valence-electron chi connectivity index (χ0n) is 16.1. The molecule has 0 radical (unpaired) electrons. The van der Waals surface area contributed by atoms with Gasteiger partial charge in [-0.3, -0.25) is 9.36 Å². The highest BCUT2D eigenvalue weighted by Crippen LogP contribution is 2.52. The van der Waals surface area contributed by atoms with Crippen LogP contribution in [0.3, 0.4) is 0 Å². The fourth-order valence-electron chi connectivity index (χ4n) is 4.49. The van der Waals surface area contributed by atoms with Crippen LogP contribution in [0.5, 0.6) is 0 Å². The average molecular weight is 394 g/mol. The van der Waals surface area contributed by atoms with E-state index in [2.05, 4.69) is 6.58 Å². The minimum absolute atomic E-state index is 0.136. The lowest BCUT2D eigenvalue weighted by Crippen LogP contribution is -2.34. The third-order valence-electron chi connectivity index (χ3n) is 5.98. The van der Waals surface area contributed by atoms with E-state index in [1.807, 2.05) is 72.8 Å². The van der Waals surface area contributed by atoms with Gasteiger partial charge in [0.15, 0.2) is 5.82 Å². The van der Waals surface area contributed by atoms with Crippen LogP contribution in [0.2, 0.25) is 0 Å². The number of para-hydroxylation sites is 2. The molecule has 3 aromatic carbocycles. The summed E-state index contributed by atoms with van der Waals surface area (Å²) >= 11 is 0. The Hall–Kier alpha value is -3.54. The molecule has 6 rings (SSSR count). The predicted molar refractivity (Wildman–Crippen MR) is 113 cm³/mol. The van der Waals surface area contributed by atoms with Crippen LogP contribution in [0.4, 0.5) is 0 Å². The molecule has 1 spiro atoms. The first-order chi connectivity index (χ1) is 14.7. The molecule has 5 nitrogen and oxygen atoms in total. The van der Waals surface area contributed by atoms with Crippen LogP contribution >= 0.6 is 0 Å². The monoisotopic (exact) mass is 394 g/mol. The van der Waals surface area contributed by atoms with E-state index in [9.17, 15) is 4.79 Å². The average Bonchev–Trinajstić information content (AvgIpc) is 3.33. The molecule has 30 heavy (non-hydrogen) atoms. The van der Waals surface area contributed by atoms with Crippen molar-refractivity contribution in [3.63, 3.8) is 0 Å². The van der Waals surface area contributed by atoms with Gasteiger partial charge >= 0.3 is 0 Å². The second kappa shape index (κ2) is 5.98. The summed E-state index contributed by atoms with van der Waals surface area (Å²) in [4.78, 5) is 18.3. The van der Waals surface area contributed by atoms with Crippen molar-refractivity contribution in [3.05, 3.63) is 119 Å². The van der Waals surface area contributed by atoms with Gasteiger partial charge < -0.3 is 9.47 Å². The highest BCUT2D eigenvalue weighted by atomic mass is 16.8. The molecule has 4 aromatic rings. The van der Waals surface area contributed by atoms with Crippen molar-refractivity contribution < 1.29 is 9.47 Å². The molecule has 0 N–H and O–H groups in total. The SMILES string of the molecule is C=CC1(c2ccccc2)COC2(O1)c1ccccc1-n1c2nc2ccccc2c1=O. The van der Waals surface area contributed by atoms with Gasteiger partial charge in [0, 0.05) is 5.56 Å². The van der Waals surface area contributed by atoms with E-state index in [0.29, 0.717) is 16.7 Å². The van der Waals surface area contributed by atoms with Gasteiger partial charge in [0.1, 0.15) is 5.60 Å². The molecule has 2 atom stereocenters. The number of nitrogens with zero attached hydrogens (tertiary/aromatic N) is 2. The Morgan fingerprint density at radius 2 is 1.70 bits per heavy atom. The third-order valence-corrected chi connectivity index (χ3v) is 5.98. The molecule has 0 saturated carbocycles. The Morgan fingerprint density at radius 3 is 2.53 bits per heavy atom. The fourth-order valence-corrected chi connectivity index (χ4v) is 4.49. The number of fused-ring (bicyclic) bond motifs is 6.